The second-order valence-electron chi connectivity index (χ2n) is 9.06. The number of alkyl halides is 6. The van der Waals surface area contributed by atoms with Gasteiger partial charge in [0, 0.05) is 32.7 Å². The Hall–Kier alpha value is -2.93. The highest BCUT2D eigenvalue weighted by molar-refractivity contribution is 7.89. The Morgan fingerprint density at radius 1 is 0.718 bits per heavy atom. The summed E-state index contributed by atoms with van der Waals surface area (Å²) in [7, 11) is -4.11. The predicted molar refractivity (Wildman–Crippen MR) is 132 cm³/mol. The third kappa shape index (κ3) is 7.18. The number of nitrogens with zero attached hydrogens (tertiary/aromatic N) is 2. The highest BCUT2D eigenvalue weighted by Gasteiger charge is 2.34. The van der Waals surface area contributed by atoms with Crippen LogP contribution in [0.3, 0.4) is 0 Å². The summed E-state index contributed by atoms with van der Waals surface area (Å²) in [4.78, 5) is 1.52. The number of hydrogen-bond donors (Lipinski definition) is 0. The average molecular weight is 573 g/mol. The fraction of sp³-hybridized carbons (Fsp3) is 0.333. The van der Waals surface area contributed by atoms with E-state index in [4.69, 9.17) is 4.74 Å². The predicted octanol–water partition coefficient (Wildman–Crippen LogP) is 5.84. The fourth-order valence-electron chi connectivity index (χ4n) is 4.37. The van der Waals surface area contributed by atoms with E-state index in [1.807, 2.05) is 4.90 Å². The normalized spacial score (nSPS) is 16.8. The van der Waals surface area contributed by atoms with Gasteiger partial charge in [-0.3, -0.25) is 4.90 Å². The lowest BCUT2D eigenvalue weighted by atomic mass is 9.99. The summed E-state index contributed by atoms with van der Waals surface area (Å²) in [5.74, 6) is 0. The maximum Gasteiger partial charge on any atom is 0.416 e. The summed E-state index contributed by atoms with van der Waals surface area (Å²) in [6.45, 7) is 1.35. The molecule has 0 saturated carbocycles. The minimum Gasteiger partial charge on any atom is -0.367 e. The molecule has 1 fully saturated rings. The standard InChI is InChI=1S/C27H26F6N2O3S/c28-26(29,30)22-9-4-8-21(18-22)25(20-6-2-1-3-7-20)38-17-16-34-12-14-35(15-13-34)39(36,37)24-11-5-10-23(19-24)27(31,32)33/h1-11,18-19,25H,12-17H2/t25-/m1/s1. The number of piperazine rings is 1. The van der Waals surface area contributed by atoms with Crippen LogP contribution in [-0.2, 0) is 27.1 Å². The Morgan fingerprint density at radius 3 is 1.90 bits per heavy atom. The van der Waals surface area contributed by atoms with Crippen molar-refractivity contribution in [3.63, 3.8) is 0 Å². The Balaban J connectivity index is 1.38. The number of benzene rings is 3. The number of sulfonamides is 1. The van der Waals surface area contributed by atoms with Crippen LogP contribution in [0.5, 0.6) is 0 Å². The molecule has 1 atom stereocenters. The molecule has 1 aliphatic rings. The van der Waals surface area contributed by atoms with Crippen molar-refractivity contribution in [2.24, 2.45) is 0 Å². The van der Waals surface area contributed by atoms with Crippen molar-refractivity contribution in [2.75, 3.05) is 39.3 Å². The van der Waals surface area contributed by atoms with Gasteiger partial charge < -0.3 is 4.74 Å². The van der Waals surface area contributed by atoms with E-state index in [9.17, 15) is 34.8 Å². The molecule has 0 bridgehead atoms. The van der Waals surface area contributed by atoms with Gasteiger partial charge >= 0.3 is 12.4 Å². The maximum atomic E-state index is 13.3. The van der Waals surface area contributed by atoms with Gasteiger partial charge in [-0.2, -0.15) is 30.6 Å². The van der Waals surface area contributed by atoms with Crippen LogP contribution in [0, 0.1) is 0 Å². The molecule has 39 heavy (non-hydrogen) atoms. The van der Waals surface area contributed by atoms with Gasteiger partial charge in [0.05, 0.1) is 22.6 Å². The van der Waals surface area contributed by atoms with Crippen molar-refractivity contribution in [1.29, 1.82) is 0 Å². The third-order valence-corrected chi connectivity index (χ3v) is 8.34. The molecule has 1 saturated heterocycles. The smallest absolute Gasteiger partial charge is 0.367 e. The average Bonchev–Trinajstić information content (AvgIpc) is 2.91. The monoisotopic (exact) mass is 572 g/mol. The molecule has 5 nitrogen and oxygen atoms in total. The molecular weight excluding hydrogens is 546 g/mol. The molecule has 1 heterocycles. The molecule has 0 N–H and O–H groups in total. The molecule has 0 unspecified atom stereocenters. The van der Waals surface area contributed by atoms with Gasteiger partial charge in [0.15, 0.2) is 0 Å². The zero-order chi connectivity index (χ0) is 28.3. The molecule has 210 valence electrons. The van der Waals surface area contributed by atoms with Crippen molar-refractivity contribution < 1.29 is 39.5 Å². The first-order chi connectivity index (χ1) is 18.4. The summed E-state index contributed by atoms with van der Waals surface area (Å²) in [5, 5.41) is 0. The molecule has 0 amide bonds. The first kappa shape index (κ1) is 29.1. The van der Waals surface area contributed by atoms with Crippen molar-refractivity contribution >= 4 is 10.0 Å². The summed E-state index contributed by atoms with van der Waals surface area (Å²) in [5.41, 5.74) is -0.766. The Bertz CT molecular complexity index is 1360. The van der Waals surface area contributed by atoms with E-state index in [-0.39, 0.29) is 19.7 Å². The van der Waals surface area contributed by atoms with Gasteiger partial charge in [-0.05, 0) is 41.5 Å². The van der Waals surface area contributed by atoms with Gasteiger partial charge in [-0.1, -0.05) is 48.5 Å². The van der Waals surface area contributed by atoms with Crippen LogP contribution in [0.4, 0.5) is 26.3 Å². The molecule has 0 spiro atoms. The Kier molecular flexibility index (Phi) is 8.69. The number of halogens is 6. The highest BCUT2D eigenvalue weighted by Crippen LogP contribution is 2.34. The van der Waals surface area contributed by atoms with Crippen LogP contribution < -0.4 is 0 Å². The lowest BCUT2D eigenvalue weighted by molar-refractivity contribution is -0.138. The molecule has 0 aliphatic carbocycles. The largest absolute Gasteiger partial charge is 0.416 e. The van der Waals surface area contributed by atoms with E-state index < -0.39 is 44.5 Å². The van der Waals surface area contributed by atoms with E-state index in [1.54, 1.807) is 36.4 Å². The van der Waals surface area contributed by atoms with Crippen molar-refractivity contribution in [1.82, 2.24) is 9.21 Å². The molecular formula is C27H26F6N2O3S. The fourth-order valence-corrected chi connectivity index (χ4v) is 5.83. The second kappa shape index (κ2) is 11.7. The van der Waals surface area contributed by atoms with Gasteiger partial charge in [0.1, 0.15) is 6.10 Å². The summed E-state index contributed by atoms with van der Waals surface area (Å²) >= 11 is 0. The Morgan fingerprint density at radius 2 is 1.28 bits per heavy atom. The van der Waals surface area contributed by atoms with E-state index >= 15 is 0 Å². The van der Waals surface area contributed by atoms with Crippen molar-refractivity contribution in [3.8, 4) is 0 Å². The van der Waals surface area contributed by atoms with Gasteiger partial charge in [-0.25, -0.2) is 8.42 Å². The third-order valence-electron chi connectivity index (χ3n) is 6.44. The molecule has 3 aromatic rings. The topological polar surface area (TPSA) is 49.9 Å². The van der Waals surface area contributed by atoms with Crippen LogP contribution in [0.1, 0.15) is 28.4 Å². The minimum absolute atomic E-state index is 0.0777. The second-order valence-corrected chi connectivity index (χ2v) is 11.0. The first-order valence-corrected chi connectivity index (χ1v) is 13.5. The van der Waals surface area contributed by atoms with Gasteiger partial charge in [-0.15, -0.1) is 0 Å². The molecule has 0 radical (unpaired) electrons. The van der Waals surface area contributed by atoms with Gasteiger partial charge in [0.25, 0.3) is 0 Å². The van der Waals surface area contributed by atoms with E-state index in [0.29, 0.717) is 36.8 Å². The minimum atomic E-state index is -4.66. The molecule has 3 aromatic carbocycles. The van der Waals surface area contributed by atoms with Crippen molar-refractivity contribution in [3.05, 3.63) is 101 Å². The zero-order valence-corrected chi connectivity index (χ0v) is 21.4. The summed E-state index contributed by atoms with van der Waals surface area (Å²) in [6, 6.07) is 17.5. The number of ether oxygens (including phenoxy) is 1. The SMILES string of the molecule is O=S(=O)(c1cccc(C(F)(F)F)c1)N1CCN(CCO[C@H](c2ccccc2)c2cccc(C(F)(F)F)c2)CC1. The highest BCUT2D eigenvalue weighted by atomic mass is 32.2. The first-order valence-electron chi connectivity index (χ1n) is 12.1. The zero-order valence-electron chi connectivity index (χ0n) is 20.6. The van der Waals surface area contributed by atoms with Crippen LogP contribution in [0.25, 0.3) is 0 Å². The molecule has 1 aliphatic heterocycles. The Labute approximate surface area is 222 Å². The molecule has 12 heteroatoms. The quantitative estimate of drug-likeness (QED) is 0.319. The van der Waals surface area contributed by atoms with Crippen LogP contribution in [0.2, 0.25) is 0 Å². The summed E-state index contributed by atoms with van der Waals surface area (Å²) < 4.78 is 112. The summed E-state index contributed by atoms with van der Waals surface area (Å²) in [6.07, 6.45) is -9.89. The lowest BCUT2D eigenvalue weighted by Crippen LogP contribution is -2.49. The van der Waals surface area contributed by atoms with Crippen molar-refractivity contribution in [2.45, 2.75) is 23.4 Å². The van der Waals surface area contributed by atoms with E-state index in [0.717, 1.165) is 34.6 Å². The molecule has 4 rings (SSSR count). The number of hydrogen-bond acceptors (Lipinski definition) is 4. The van der Waals surface area contributed by atoms with E-state index in [1.165, 1.54) is 6.07 Å². The van der Waals surface area contributed by atoms with Crippen LogP contribution in [0.15, 0.2) is 83.8 Å². The van der Waals surface area contributed by atoms with Crippen LogP contribution in [-0.4, -0.2) is 57.0 Å². The van der Waals surface area contributed by atoms with E-state index in [2.05, 4.69) is 0 Å². The lowest BCUT2D eigenvalue weighted by Gasteiger charge is -2.34. The molecule has 0 aromatic heterocycles. The maximum absolute atomic E-state index is 13.3. The van der Waals surface area contributed by atoms with Crippen LogP contribution >= 0.6 is 0 Å². The van der Waals surface area contributed by atoms with Gasteiger partial charge in [0.2, 0.25) is 10.0 Å². The number of rotatable bonds is 8.